The Morgan fingerprint density at radius 3 is 2.55 bits per heavy atom. The molecule has 0 unspecified atom stereocenters. The van der Waals surface area contributed by atoms with Crippen LogP contribution in [0.4, 0.5) is 4.39 Å². The second kappa shape index (κ2) is 6.83. The van der Waals surface area contributed by atoms with E-state index in [-0.39, 0.29) is 12.6 Å². The summed E-state index contributed by atoms with van der Waals surface area (Å²) >= 11 is 0. The van der Waals surface area contributed by atoms with Crippen LogP contribution in [0, 0.1) is 13.8 Å². The fourth-order valence-electron chi connectivity index (χ4n) is 2.60. The largest absolute Gasteiger partial charge is 0.340 e. The summed E-state index contributed by atoms with van der Waals surface area (Å²) in [6, 6.07) is 0. The van der Waals surface area contributed by atoms with Crippen LogP contribution >= 0.6 is 0 Å². The lowest BCUT2D eigenvalue weighted by atomic mass is 10.1. The number of hydrogen-bond donors (Lipinski definition) is 1. The number of piperazine rings is 1. The van der Waals surface area contributed by atoms with E-state index in [2.05, 4.69) is 15.1 Å². The number of aromatic nitrogens is 2. The van der Waals surface area contributed by atoms with E-state index in [1.54, 1.807) is 0 Å². The standard InChI is InChI=1S/C14H23FN4O/c1-11-13(12(2)17-16-11)10-14(20)19-8-6-18(7-9-19)5-3-4-15/h3-10H2,1-2H3,(H,16,17). The number of amides is 1. The number of rotatable bonds is 5. The first-order chi connectivity index (χ1) is 9.61. The minimum Gasteiger partial charge on any atom is -0.340 e. The first kappa shape index (κ1) is 15.0. The Labute approximate surface area is 119 Å². The maximum absolute atomic E-state index is 12.3. The zero-order valence-electron chi connectivity index (χ0n) is 12.3. The molecule has 2 heterocycles. The van der Waals surface area contributed by atoms with Gasteiger partial charge in [-0.2, -0.15) is 5.10 Å². The van der Waals surface area contributed by atoms with Gasteiger partial charge in [-0.25, -0.2) is 0 Å². The number of carbonyl (C=O) groups is 1. The first-order valence-electron chi connectivity index (χ1n) is 7.18. The molecule has 1 fully saturated rings. The van der Waals surface area contributed by atoms with Crippen LogP contribution in [0.2, 0.25) is 0 Å². The van der Waals surface area contributed by atoms with Crippen molar-refractivity contribution in [3.8, 4) is 0 Å². The third-order valence-corrected chi connectivity index (χ3v) is 3.94. The summed E-state index contributed by atoms with van der Waals surface area (Å²) in [4.78, 5) is 16.4. The molecule has 0 aromatic carbocycles. The Bertz CT molecular complexity index is 433. The van der Waals surface area contributed by atoms with Gasteiger partial charge in [0.15, 0.2) is 0 Å². The summed E-state index contributed by atoms with van der Waals surface area (Å²) in [6.07, 6.45) is 1.00. The summed E-state index contributed by atoms with van der Waals surface area (Å²) in [5, 5.41) is 7.03. The molecule has 1 aromatic rings. The molecule has 1 saturated heterocycles. The molecule has 0 bridgehead atoms. The van der Waals surface area contributed by atoms with Gasteiger partial charge >= 0.3 is 0 Å². The highest BCUT2D eigenvalue weighted by Crippen LogP contribution is 2.12. The molecule has 1 aromatic heterocycles. The van der Waals surface area contributed by atoms with Crippen molar-refractivity contribution in [2.75, 3.05) is 39.4 Å². The molecule has 1 aliphatic heterocycles. The number of hydrogen-bond acceptors (Lipinski definition) is 3. The number of nitrogens with one attached hydrogen (secondary N) is 1. The Kier molecular flexibility index (Phi) is 5.11. The number of H-pyrrole nitrogens is 1. The Hall–Kier alpha value is -1.43. The quantitative estimate of drug-likeness (QED) is 0.879. The average Bonchev–Trinajstić information content (AvgIpc) is 2.77. The second-order valence-corrected chi connectivity index (χ2v) is 5.35. The summed E-state index contributed by atoms with van der Waals surface area (Å²) in [5.74, 6) is 0.155. The molecule has 0 aliphatic carbocycles. The van der Waals surface area contributed by atoms with Gasteiger partial charge in [0.2, 0.25) is 5.91 Å². The lowest BCUT2D eigenvalue weighted by Gasteiger charge is -2.34. The third kappa shape index (κ3) is 3.56. The minimum atomic E-state index is -0.266. The van der Waals surface area contributed by atoms with E-state index in [0.717, 1.165) is 49.7 Å². The van der Waals surface area contributed by atoms with Crippen molar-refractivity contribution < 1.29 is 9.18 Å². The zero-order valence-corrected chi connectivity index (χ0v) is 12.3. The van der Waals surface area contributed by atoms with Crippen molar-refractivity contribution in [2.45, 2.75) is 26.7 Å². The first-order valence-corrected chi connectivity index (χ1v) is 7.18. The SMILES string of the molecule is Cc1n[nH]c(C)c1CC(=O)N1CCN(CCCF)CC1. The van der Waals surface area contributed by atoms with Crippen LogP contribution in [0.3, 0.4) is 0 Å². The van der Waals surface area contributed by atoms with Crippen molar-refractivity contribution in [3.05, 3.63) is 17.0 Å². The predicted molar refractivity (Wildman–Crippen MR) is 75.4 cm³/mol. The topological polar surface area (TPSA) is 52.2 Å². The maximum atomic E-state index is 12.3. The van der Waals surface area contributed by atoms with Crippen molar-refractivity contribution in [3.63, 3.8) is 0 Å². The van der Waals surface area contributed by atoms with E-state index in [9.17, 15) is 9.18 Å². The molecule has 5 nitrogen and oxygen atoms in total. The second-order valence-electron chi connectivity index (χ2n) is 5.35. The van der Waals surface area contributed by atoms with Crippen LogP contribution in [0.1, 0.15) is 23.4 Å². The predicted octanol–water partition coefficient (Wildman–Crippen LogP) is 1.07. The molecule has 0 saturated carbocycles. The van der Waals surface area contributed by atoms with Crippen molar-refractivity contribution in [1.29, 1.82) is 0 Å². The van der Waals surface area contributed by atoms with E-state index in [0.29, 0.717) is 12.8 Å². The van der Waals surface area contributed by atoms with Crippen LogP contribution in [0.5, 0.6) is 0 Å². The highest BCUT2D eigenvalue weighted by molar-refractivity contribution is 5.79. The number of carbonyl (C=O) groups excluding carboxylic acids is 1. The van der Waals surface area contributed by atoms with Gasteiger partial charge in [-0.15, -0.1) is 0 Å². The van der Waals surface area contributed by atoms with E-state index in [4.69, 9.17) is 0 Å². The number of nitrogens with zero attached hydrogens (tertiary/aromatic N) is 3. The summed E-state index contributed by atoms with van der Waals surface area (Å²) in [7, 11) is 0. The average molecular weight is 282 g/mol. The summed E-state index contributed by atoms with van der Waals surface area (Å²) in [6.45, 7) is 7.54. The smallest absolute Gasteiger partial charge is 0.227 e. The minimum absolute atomic E-state index is 0.155. The molecule has 6 heteroatoms. The monoisotopic (exact) mass is 282 g/mol. The summed E-state index contributed by atoms with van der Waals surface area (Å²) < 4.78 is 12.1. The normalized spacial score (nSPS) is 16.6. The van der Waals surface area contributed by atoms with Crippen LogP contribution < -0.4 is 0 Å². The van der Waals surface area contributed by atoms with E-state index >= 15 is 0 Å². The van der Waals surface area contributed by atoms with Gasteiger partial charge in [0.25, 0.3) is 0 Å². The van der Waals surface area contributed by atoms with Crippen LogP contribution in [0.25, 0.3) is 0 Å². The maximum Gasteiger partial charge on any atom is 0.227 e. The lowest BCUT2D eigenvalue weighted by molar-refractivity contribution is -0.132. The molecular weight excluding hydrogens is 259 g/mol. The van der Waals surface area contributed by atoms with Crippen LogP contribution in [-0.2, 0) is 11.2 Å². The number of alkyl halides is 1. The van der Waals surface area contributed by atoms with E-state index in [1.807, 2.05) is 18.7 Å². The molecule has 1 amide bonds. The van der Waals surface area contributed by atoms with E-state index in [1.165, 1.54) is 0 Å². The summed E-state index contributed by atoms with van der Waals surface area (Å²) in [5.41, 5.74) is 2.88. The van der Waals surface area contributed by atoms with Crippen LogP contribution in [-0.4, -0.2) is 65.3 Å². The lowest BCUT2D eigenvalue weighted by Crippen LogP contribution is -2.49. The van der Waals surface area contributed by atoms with Gasteiger partial charge in [0.1, 0.15) is 0 Å². The molecule has 1 N–H and O–H groups in total. The molecule has 1 aliphatic rings. The molecule has 0 spiro atoms. The van der Waals surface area contributed by atoms with Gasteiger partial charge in [0, 0.05) is 44.0 Å². The van der Waals surface area contributed by atoms with Gasteiger partial charge in [-0.05, 0) is 20.3 Å². The molecule has 0 atom stereocenters. The fourth-order valence-corrected chi connectivity index (χ4v) is 2.60. The molecule has 2 rings (SSSR count). The molecule has 20 heavy (non-hydrogen) atoms. The number of aromatic amines is 1. The van der Waals surface area contributed by atoms with Crippen molar-refractivity contribution in [2.24, 2.45) is 0 Å². The zero-order chi connectivity index (χ0) is 14.5. The van der Waals surface area contributed by atoms with Gasteiger partial charge in [-0.3, -0.25) is 19.2 Å². The van der Waals surface area contributed by atoms with Gasteiger partial charge in [-0.1, -0.05) is 0 Å². The third-order valence-electron chi connectivity index (χ3n) is 3.94. The van der Waals surface area contributed by atoms with Crippen LogP contribution in [0.15, 0.2) is 0 Å². The molecule has 0 radical (unpaired) electrons. The Morgan fingerprint density at radius 2 is 2.00 bits per heavy atom. The highest BCUT2D eigenvalue weighted by Gasteiger charge is 2.22. The molecular formula is C14H23FN4O. The van der Waals surface area contributed by atoms with E-state index < -0.39 is 0 Å². The van der Waals surface area contributed by atoms with Gasteiger partial charge in [0.05, 0.1) is 18.8 Å². The van der Waals surface area contributed by atoms with Crippen molar-refractivity contribution in [1.82, 2.24) is 20.0 Å². The Balaban J connectivity index is 1.83. The molecule has 112 valence electrons. The number of aryl methyl sites for hydroxylation is 2. The highest BCUT2D eigenvalue weighted by atomic mass is 19.1. The number of halogens is 1. The van der Waals surface area contributed by atoms with Crippen molar-refractivity contribution >= 4 is 5.91 Å². The fraction of sp³-hybridized carbons (Fsp3) is 0.714. The van der Waals surface area contributed by atoms with Gasteiger partial charge < -0.3 is 4.90 Å². The Morgan fingerprint density at radius 1 is 1.30 bits per heavy atom.